The molecule has 1 N–H and O–H groups in total. The van der Waals surface area contributed by atoms with Crippen LogP contribution in [0.3, 0.4) is 0 Å². The molecule has 2 aromatic heterocycles. The number of carbonyl (C=O) groups excluding carboxylic acids is 1. The zero-order valence-electron chi connectivity index (χ0n) is 13.6. The Morgan fingerprint density at radius 2 is 2.00 bits per heavy atom. The Balaban J connectivity index is 2.07. The summed E-state index contributed by atoms with van der Waals surface area (Å²) in [7, 11) is 0. The number of aryl methyl sites for hydroxylation is 3. The molecule has 0 saturated heterocycles. The summed E-state index contributed by atoms with van der Waals surface area (Å²) in [6, 6.07) is -0.0714. The van der Waals surface area contributed by atoms with E-state index in [1.807, 2.05) is 13.8 Å². The van der Waals surface area contributed by atoms with E-state index in [1.165, 1.54) is 4.88 Å². The molecule has 0 saturated carbocycles. The van der Waals surface area contributed by atoms with Crippen molar-refractivity contribution >= 4 is 17.2 Å². The molecule has 1 amide bonds. The quantitative estimate of drug-likeness (QED) is 0.884. The average Bonchev–Trinajstić information content (AvgIpc) is 2.95. The van der Waals surface area contributed by atoms with Crippen LogP contribution in [0, 0.1) is 26.7 Å². The van der Waals surface area contributed by atoms with Gasteiger partial charge in [-0.3, -0.25) is 4.79 Å². The summed E-state index contributed by atoms with van der Waals surface area (Å²) in [6.45, 7) is 10.0. The van der Waals surface area contributed by atoms with Crippen LogP contribution in [0.15, 0.2) is 4.52 Å². The molecule has 0 spiro atoms. The second-order valence-corrected chi connectivity index (χ2v) is 7.08. The van der Waals surface area contributed by atoms with Crippen LogP contribution in [0.5, 0.6) is 0 Å². The molecular weight excluding hydrogens is 300 g/mol. The smallest absolute Gasteiger partial charge is 0.228 e. The van der Waals surface area contributed by atoms with Gasteiger partial charge in [-0.05, 0) is 26.2 Å². The van der Waals surface area contributed by atoms with E-state index in [1.54, 1.807) is 18.3 Å². The van der Waals surface area contributed by atoms with Gasteiger partial charge in [0.05, 0.1) is 18.2 Å². The van der Waals surface area contributed by atoms with Gasteiger partial charge in [-0.15, -0.1) is 11.3 Å². The summed E-state index contributed by atoms with van der Waals surface area (Å²) < 4.78 is 4.89. The molecule has 2 aromatic rings. The summed E-state index contributed by atoms with van der Waals surface area (Å²) in [5.74, 6) is 1.22. The zero-order valence-corrected chi connectivity index (χ0v) is 14.5. The molecule has 1 atom stereocenters. The predicted molar refractivity (Wildman–Crippen MR) is 84.7 cm³/mol. The highest BCUT2D eigenvalue weighted by Gasteiger charge is 2.21. The predicted octanol–water partition coefficient (Wildman–Crippen LogP) is 2.90. The number of carbonyl (C=O) groups is 1. The van der Waals surface area contributed by atoms with Crippen molar-refractivity contribution in [3.8, 4) is 0 Å². The van der Waals surface area contributed by atoms with Gasteiger partial charge in [-0.1, -0.05) is 19.0 Å². The van der Waals surface area contributed by atoms with E-state index in [2.05, 4.69) is 34.3 Å². The summed E-state index contributed by atoms with van der Waals surface area (Å²) in [5.41, 5.74) is 1.02. The van der Waals surface area contributed by atoms with Gasteiger partial charge in [-0.2, -0.15) is 4.98 Å². The third kappa shape index (κ3) is 4.37. The Kier molecular flexibility index (Phi) is 5.28. The van der Waals surface area contributed by atoms with Gasteiger partial charge in [0.15, 0.2) is 5.82 Å². The molecule has 2 heterocycles. The van der Waals surface area contributed by atoms with Crippen molar-refractivity contribution < 1.29 is 9.32 Å². The lowest BCUT2D eigenvalue weighted by Crippen LogP contribution is -2.31. The highest BCUT2D eigenvalue weighted by Crippen LogP contribution is 2.27. The first-order valence-corrected chi connectivity index (χ1v) is 8.19. The molecule has 6 nitrogen and oxygen atoms in total. The number of rotatable bonds is 6. The zero-order chi connectivity index (χ0) is 16.3. The highest BCUT2D eigenvalue weighted by atomic mass is 32.1. The Bertz CT molecular complexity index is 628. The lowest BCUT2D eigenvalue weighted by atomic mass is 10.0. The van der Waals surface area contributed by atoms with E-state index in [9.17, 15) is 4.79 Å². The number of thiazole rings is 1. The Hall–Kier alpha value is -1.76. The van der Waals surface area contributed by atoms with Crippen molar-refractivity contribution in [2.75, 3.05) is 0 Å². The van der Waals surface area contributed by atoms with E-state index in [0.29, 0.717) is 17.6 Å². The summed E-state index contributed by atoms with van der Waals surface area (Å²) in [4.78, 5) is 22.0. The number of hydrogen-bond acceptors (Lipinski definition) is 6. The standard InChI is InChI=1S/C15H22N4O2S/c1-8(2)6-12(15-16-9(3)10(4)22-15)18-14(20)7-13-17-11(5)21-19-13/h8,12H,6-7H2,1-5H3,(H,18,20). The van der Waals surface area contributed by atoms with Crippen molar-refractivity contribution in [1.82, 2.24) is 20.4 Å². The fourth-order valence-electron chi connectivity index (χ4n) is 2.14. The SMILES string of the molecule is Cc1nc(CC(=O)NC(CC(C)C)c2nc(C)c(C)s2)no1. The number of aromatic nitrogens is 3. The fraction of sp³-hybridized carbons (Fsp3) is 0.600. The molecule has 0 radical (unpaired) electrons. The van der Waals surface area contributed by atoms with Gasteiger partial charge in [0, 0.05) is 11.8 Å². The summed E-state index contributed by atoms with van der Waals surface area (Å²) in [6.07, 6.45) is 0.971. The first-order valence-electron chi connectivity index (χ1n) is 7.37. The minimum absolute atomic E-state index is 0.0714. The van der Waals surface area contributed by atoms with E-state index >= 15 is 0 Å². The van der Waals surface area contributed by atoms with E-state index in [4.69, 9.17) is 4.52 Å². The molecule has 0 aliphatic heterocycles. The van der Waals surface area contributed by atoms with Crippen LogP contribution in [0.25, 0.3) is 0 Å². The Morgan fingerprint density at radius 1 is 1.27 bits per heavy atom. The van der Waals surface area contributed by atoms with Gasteiger partial charge < -0.3 is 9.84 Å². The minimum atomic E-state index is -0.114. The third-order valence-corrected chi connectivity index (χ3v) is 4.46. The molecule has 120 valence electrons. The first kappa shape index (κ1) is 16.6. The molecule has 0 bridgehead atoms. The van der Waals surface area contributed by atoms with Crippen molar-refractivity contribution in [2.24, 2.45) is 5.92 Å². The van der Waals surface area contributed by atoms with Crippen LogP contribution in [0.2, 0.25) is 0 Å². The van der Waals surface area contributed by atoms with E-state index < -0.39 is 0 Å². The minimum Gasteiger partial charge on any atom is -0.346 e. The average molecular weight is 322 g/mol. The second-order valence-electron chi connectivity index (χ2n) is 5.85. The molecule has 0 fully saturated rings. The first-order chi connectivity index (χ1) is 10.3. The second kappa shape index (κ2) is 7.00. The summed E-state index contributed by atoms with van der Waals surface area (Å²) >= 11 is 1.64. The van der Waals surface area contributed by atoms with E-state index in [-0.39, 0.29) is 18.4 Å². The number of hydrogen-bond donors (Lipinski definition) is 1. The van der Waals surface area contributed by atoms with E-state index in [0.717, 1.165) is 17.1 Å². The Labute approximate surface area is 134 Å². The van der Waals surface area contributed by atoms with Gasteiger partial charge in [0.2, 0.25) is 11.8 Å². The highest BCUT2D eigenvalue weighted by molar-refractivity contribution is 7.11. The van der Waals surface area contributed by atoms with Crippen LogP contribution >= 0.6 is 11.3 Å². The monoisotopic (exact) mass is 322 g/mol. The van der Waals surface area contributed by atoms with Crippen LogP contribution < -0.4 is 5.32 Å². The molecule has 22 heavy (non-hydrogen) atoms. The number of nitrogens with one attached hydrogen (secondary N) is 1. The molecule has 0 aliphatic rings. The van der Waals surface area contributed by atoms with Gasteiger partial charge in [0.25, 0.3) is 0 Å². The fourth-order valence-corrected chi connectivity index (χ4v) is 3.13. The van der Waals surface area contributed by atoms with Crippen LogP contribution in [-0.4, -0.2) is 21.0 Å². The maximum atomic E-state index is 12.2. The molecule has 0 aliphatic carbocycles. The molecule has 2 rings (SSSR count). The van der Waals surface area contributed by atoms with Crippen molar-refractivity contribution in [1.29, 1.82) is 0 Å². The molecule has 1 unspecified atom stereocenters. The van der Waals surface area contributed by atoms with Gasteiger partial charge in [0.1, 0.15) is 5.01 Å². The van der Waals surface area contributed by atoms with Gasteiger partial charge in [-0.25, -0.2) is 4.98 Å². The maximum Gasteiger partial charge on any atom is 0.228 e. The van der Waals surface area contributed by atoms with Gasteiger partial charge >= 0.3 is 0 Å². The van der Waals surface area contributed by atoms with Crippen molar-refractivity contribution in [3.05, 3.63) is 27.3 Å². The summed E-state index contributed by atoms with van der Waals surface area (Å²) in [5, 5.41) is 7.76. The lowest BCUT2D eigenvalue weighted by Gasteiger charge is -2.18. The maximum absolute atomic E-state index is 12.2. The topological polar surface area (TPSA) is 80.9 Å². The largest absolute Gasteiger partial charge is 0.346 e. The molecule has 7 heteroatoms. The lowest BCUT2D eigenvalue weighted by molar-refractivity contribution is -0.121. The van der Waals surface area contributed by atoms with Crippen LogP contribution in [0.4, 0.5) is 0 Å². The Morgan fingerprint density at radius 3 is 2.50 bits per heavy atom. The molecule has 0 aromatic carbocycles. The third-order valence-electron chi connectivity index (χ3n) is 3.27. The van der Waals surface area contributed by atoms with Crippen molar-refractivity contribution in [2.45, 2.75) is 53.5 Å². The number of amides is 1. The van der Waals surface area contributed by atoms with Crippen molar-refractivity contribution in [3.63, 3.8) is 0 Å². The molecular formula is C15H22N4O2S. The van der Waals surface area contributed by atoms with Crippen LogP contribution in [-0.2, 0) is 11.2 Å². The number of nitrogens with zero attached hydrogens (tertiary/aromatic N) is 3. The van der Waals surface area contributed by atoms with Crippen LogP contribution in [0.1, 0.15) is 53.6 Å². The normalized spacial score (nSPS) is 12.6.